The van der Waals surface area contributed by atoms with E-state index in [9.17, 15) is 4.79 Å². The fourth-order valence-corrected chi connectivity index (χ4v) is 1.44. The normalized spacial score (nSPS) is 10.4. The average Bonchev–Trinajstić information content (AvgIpc) is 2.57. The molecule has 1 amide bonds. The molecule has 0 aliphatic rings. The number of carbonyl (C=O) groups excluding carboxylic acids is 1. The molecule has 0 atom stereocenters. The molecule has 1 aromatic heterocycles. The van der Waals surface area contributed by atoms with Crippen LogP contribution >= 0.6 is 0 Å². The Labute approximate surface area is 95.8 Å². The van der Waals surface area contributed by atoms with Crippen molar-refractivity contribution in [1.82, 2.24) is 15.1 Å². The third-order valence-electron chi connectivity index (χ3n) is 2.21. The summed E-state index contributed by atoms with van der Waals surface area (Å²) < 4.78 is 6.82. The van der Waals surface area contributed by atoms with Gasteiger partial charge < -0.3 is 10.1 Å². The van der Waals surface area contributed by atoms with E-state index in [1.807, 2.05) is 13.8 Å². The van der Waals surface area contributed by atoms with Gasteiger partial charge in [0, 0.05) is 33.0 Å². The van der Waals surface area contributed by atoms with Crippen molar-refractivity contribution in [3.05, 3.63) is 17.5 Å². The van der Waals surface area contributed by atoms with Crippen molar-refractivity contribution in [2.45, 2.75) is 20.3 Å². The molecule has 5 heteroatoms. The van der Waals surface area contributed by atoms with Crippen molar-refractivity contribution in [3.8, 4) is 0 Å². The third-order valence-corrected chi connectivity index (χ3v) is 2.21. The predicted octanol–water partition coefficient (Wildman–Crippen LogP) is 0.885. The van der Waals surface area contributed by atoms with E-state index in [0.717, 1.165) is 18.7 Å². The molecule has 1 aromatic rings. The molecule has 0 unspecified atom stereocenters. The van der Waals surface area contributed by atoms with Gasteiger partial charge in [-0.25, -0.2) is 0 Å². The van der Waals surface area contributed by atoms with Gasteiger partial charge in [-0.2, -0.15) is 5.10 Å². The summed E-state index contributed by atoms with van der Waals surface area (Å²) in [6, 6.07) is 0. The number of nitrogens with one attached hydrogen (secondary N) is 1. The minimum Gasteiger partial charge on any atom is -0.382 e. The number of aromatic nitrogens is 2. The lowest BCUT2D eigenvalue weighted by atomic mass is 10.2. The Morgan fingerprint density at radius 3 is 2.94 bits per heavy atom. The first kappa shape index (κ1) is 12.7. The maximum absolute atomic E-state index is 11.7. The second-order valence-electron chi connectivity index (χ2n) is 3.61. The van der Waals surface area contributed by atoms with Crippen molar-refractivity contribution < 1.29 is 9.53 Å². The molecule has 90 valence electrons. The zero-order valence-electron chi connectivity index (χ0n) is 10.1. The second-order valence-corrected chi connectivity index (χ2v) is 3.61. The van der Waals surface area contributed by atoms with E-state index in [1.165, 1.54) is 0 Å². The van der Waals surface area contributed by atoms with Crippen molar-refractivity contribution in [1.29, 1.82) is 0 Å². The molecule has 0 aliphatic heterocycles. The highest BCUT2D eigenvalue weighted by Gasteiger charge is 2.11. The summed E-state index contributed by atoms with van der Waals surface area (Å²) in [4.78, 5) is 11.7. The average molecular weight is 225 g/mol. The number of rotatable bonds is 6. The summed E-state index contributed by atoms with van der Waals surface area (Å²) >= 11 is 0. The lowest BCUT2D eigenvalue weighted by Gasteiger charge is -2.04. The summed E-state index contributed by atoms with van der Waals surface area (Å²) in [5.41, 5.74) is 1.39. The molecule has 0 aromatic carbocycles. The van der Waals surface area contributed by atoms with Crippen LogP contribution in [0.15, 0.2) is 6.20 Å². The van der Waals surface area contributed by atoms with Crippen LogP contribution in [0.1, 0.15) is 29.4 Å². The highest BCUT2D eigenvalue weighted by atomic mass is 16.5. The summed E-state index contributed by atoms with van der Waals surface area (Å²) in [6.45, 7) is 5.82. The lowest BCUT2D eigenvalue weighted by molar-refractivity contribution is 0.0943. The van der Waals surface area contributed by atoms with Gasteiger partial charge in [-0.05, 0) is 20.3 Å². The summed E-state index contributed by atoms with van der Waals surface area (Å²) in [5, 5.41) is 6.96. The minimum atomic E-state index is -0.0675. The van der Waals surface area contributed by atoms with Gasteiger partial charge in [0.2, 0.25) is 0 Å². The van der Waals surface area contributed by atoms with Crippen molar-refractivity contribution in [3.63, 3.8) is 0 Å². The number of hydrogen-bond acceptors (Lipinski definition) is 3. The van der Waals surface area contributed by atoms with Crippen molar-refractivity contribution in [2.75, 3.05) is 19.8 Å². The molecule has 0 radical (unpaired) electrons. The molecular formula is C11H19N3O2. The molecule has 1 rings (SSSR count). The van der Waals surface area contributed by atoms with Gasteiger partial charge in [0.25, 0.3) is 5.91 Å². The van der Waals surface area contributed by atoms with E-state index in [2.05, 4.69) is 10.4 Å². The molecule has 0 saturated carbocycles. The van der Waals surface area contributed by atoms with Crippen LogP contribution in [0, 0.1) is 6.92 Å². The van der Waals surface area contributed by atoms with Crippen LogP contribution in [0.5, 0.6) is 0 Å². The topological polar surface area (TPSA) is 56.1 Å². The largest absolute Gasteiger partial charge is 0.382 e. The standard InChI is InChI=1S/C11H19N3O2/c1-4-16-7-5-6-12-11(15)10-8-14(3)13-9(10)2/h8H,4-7H2,1-3H3,(H,12,15). The number of aryl methyl sites for hydroxylation is 2. The highest BCUT2D eigenvalue weighted by molar-refractivity contribution is 5.94. The number of ether oxygens (including phenoxy) is 1. The predicted molar refractivity (Wildman–Crippen MR) is 61.4 cm³/mol. The molecule has 0 fully saturated rings. The Hall–Kier alpha value is -1.36. The fraction of sp³-hybridized carbons (Fsp3) is 0.636. The van der Waals surface area contributed by atoms with Crippen LogP contribution < -0.4 is 5.32 Å². The Morgan fingerprint density at radius 2 is 2.38 bits per heavy atom. The highest BCUT2D eigenvalue weighted by Crippen LogP contribution is 2.03. The van der Waals surface area contributed by atoms with E-state index in [4.69, 9.17) is 4.74 Å². The Kier molecular flexibility index (Phi) is 4.98. The summed E-state index contributed by atoms with van der Waals surface area (Å²) in [7, 11) is 1.80. The molecule has 16 heavy (non-hydrogen) atoms. The zero-order valence-corrected chi connectivity index (χ0v) is 10.1. The monoisotopic (exact) mass is 225 g/mol. The maximum Gasteiger partial charge on any atom is 0.254 e. The first-order valence-electron chi connectivity index (χ1n) is 5.51. The van der Waals surface area contributed by atoms with E-state index < -0.39 is 0 Å². The van der Waals surface area contributed by atoms with E-state index >= 15 is 0 Å². The van der Waals surface area contributed by atoms with E-state index in [-0.39, 0.29) is 5.91 Å². The van der Waals surface area contributed by atoms with Gasteiger partial charge in [0.1, 0.15) is 0 Å². The zero-order chi connectivity index (χ0) is 12.0. The van der Waals surface area contributed by atoms with E-state index in [0.29, 0.717) is 18.7 Å². The molecular weight excluding hydrogens is 206 g/mol. The second kappa shape index (κ2) is 6.27. The van der Waals surface area contributed by atoms with Crippen LogP contribution in [0.3, 0.4) is 0 Å². The SMILES string of the molecule is CCOCCCNC(=O)c1cn(C)nc1C. The molecule has 1 heterocycles. The van der Waals surface area contributed by atoms with Gasteiger partial charge in [0.15, 0.2) is 0 Å². The van der Waals surface area contributed by atoms with Crippen LogP contribution in [0.4, 0.5) is 0 Å². The van der Waals surface area contributed by atoms with Gasteiger partial charge in [-0.1, -0.05) is 0 Å². The van der Waals surface area contributed by atoms with Gasteiger partial charge in [-0.3, -0.25) is 9.48 Å². The summed E-state index contributed by atoms with van der Waals surface area (Å²) in [6.07, 6.45) is 2.56. The Balaban J connectivity index is 2.33. The number of carbonyl (C=O) groups is 1. The molecule has 0 bridgehead atoms. The fourth-order valence-electron chi connectivity index (χ4n) is 1.44. The first-order valence-corrected chi connectivity index (χ1v) is 5.51. The quantitative estimate of drug-likeness (QED) is 0.731. The number of hydrogen-bond donors (Lipinski definition) is 1. The van der Waals surface area contributed by atoms with Gasteiger partial charge >= 0.3 is 0 Å². The molecule has 1 N–H and O–H groups in total. The van der Waals surface area contributed by atoms with E-state index in [1.54, 1.807) is 17.9 Å². The Bertz CT molecular complexity index is 347. The minimum absolute atomic E-state index is 0.0675. The number of amides is 1. The summed E-state index contributed by atoms with van der Waals surface area (Å²) in [5.74, 6) is -0.0675. The molecule has 0 aliphatic carbocycles. The number of nitrogens with zero attached hydrogens (tertiary/aromatic N) is 2. The van der Waals surface area contributed by atoms with Crippen LogP contribution in [0.25, 0.3) is 0 Å². The molecule has 0 saturated heterocycles. The molecule has 0 spiro atoms. The van der Waals surface area contributed by atoms with Crippen molar-refractivity contribution in [2.24, 2.45) is 7.05 Å². The van der Waals surface area contributed by atoms with Crippen LogP contribution in [-0.4, -0.2) is 35.4 Å². The van der Waals surface area contributed by atoms with Gasteiger partial charge in [0.05, 0.1) is 11.3 Å². The smallest absolute Gasteiger partial charge is 0.254 e. The van der Waals surface area contributed by atoms with Gasteiger partial charge in [-0.15, -0.1) is 0 Å². The maximum atomic E-state index is 11.7. The lowest BCUT2D eigenvalue weighted by Crippen LogP contribution is -2.25. The molecule has 5 nitrogen and oxygen atoms in total. The van der Waals surface area contributed by atoms with Crippen LogP contribution in [0.2, 0.25) is 0 Å². The van der Waals surface area contributed by atoms with Crippen molar-refractivity contribution >= 4 is 5.91 Å². The Morgan fingerprint density at radius 1 is 1.62 bits per heavy atom. The van der Waals surface area contributed by atoms with Crippen LogP contribution in [-0.2, 0) is 11.8 Å². The first-order chi connectivity index (χ1) is 7.65. The third kappa shape index (κ3) is 3.66.